The molecule has 0 aliphatic rings. The van der Waals surface area contributed by atoms with Crippen molar-refractivity contribution < 1.29 is 0 Å². The molecule has 0 radical (unpaired) electrons. The Kier molecular flexibility index (Phi) is 8.71. The fourth-order valence-electron chi connectivity index (χ4n) is 6.34. The van der Waals surface area contributed by atoms with Gasteiger partial charge in [-0.1, -0.05) is 104 Å². The van der Waals surface area contributed by atoms with Gasteiger partial charge in [-0.25, -0.2) is 0 Å². The Morgan fingerprint density at radius 1 is 0.646 bits per heavy atom. The number of aliphatic imine (C=N–C) groups is 1. The van der Waals surface area contributed by atoms with Crippen LogP contribution >= 0.6 is 0 Å². The summed E-state index contributed by atoms with van der Waals surface area (Å²) in [5.74, 6) is 0. The van der Waals surface area contributed by atoms with Gasteiger partial charge in [-0.05, 0) is 98.3 Å². The van der Waals surface area contributed by atoms with Crippen LogP contribution in [0.1, 0.15) is 24.5 Å². The minimum Gasteiger partial charge on any atom is -0.387 e. The summed E-state index contributed by atoms with van der Waals surface area (Å²) < 4.78 is 0. The van der Waals surface area contributed by atoms with Crippen LogP contribution in [0, 0.1) is 5.41 Å². The van der Waals surface area contributed by atoms with Crippen molar-refractivity contribution in [1.82, 2.24) is 4.98 Å². The van der Waals surface area contributed by atoms with Crippen molar-refractivity contribution in [2.75, 3.05) is 12.4 Å². The summed E-state index contributed by atoms with van der Waals surface area (Å²) in [6.07, 6.45) is 7.43. The molecule has 0 spiro atoms. The van der Waals surface area contributed by atoms with Crippen molar-refractivity contribution in [2.45, 2.75) is 13.3 Å². The zero-order chi connectivity index (χ0) is 32.9. The Hall–Kier alpha value is -6.13. The standard InChI is InChI=1S/C44H36N4/c1-3-40(20-23-45)48-43(34-16-12-32(13-17-34)33-21-24-47-25-22-33)42-29-39(37-18-14-30-8-4-6-10-35(30)26-37)28-41(44(42)46-2)38-19-15-31-9-5-7-11-36(31)27-38/h4-29,45-46H,3H2,1-2H3/b40-20+,45-23?,48-43?. The molecule has 0 aliphatic heterocycles. The normalized spacial score (nSPS) is 12.0. The van der Waals surface area contributed by atoms with Crippen LogP contribution in [-0.2, 0) is 0 Å². The lowest BCUT2D eigenvalue weighted by Crippen LogP contribution is -2.10. The molecular weight excluding hydrogens is 585 g/mol. The average Bonchev–Trinajstić information content (AvgIpc) is 3.16. The number of benzene rings is 6. The molecule has 0 saturated carbocycles. The number of rotatable bonds is 9. The third kappa shape index (κ3) is 6.16. The summed E-state index contributed by atoms with van der Waals surface area (Å²) in [6.45, 7) is 2.08. The molecule has 0 unspecified atom stereocenters. The Morgan fingerprint density at radius 2 is 1.23 bits per heavy atom. The van der Waals surface area contributed by atoms with Gasteiger partial charge in [0.25, 0.3) is 0 Å². The zero-order valence-electron chi connectivity index (χ0n) is 27.1. The first-order valence-electron chi connectivity index (χ1n) is 16.3. The average molecular weight is 621 g/mol. The maximum absolute atomic E-state index is 7.83. The van der Waals surface area contributed by atoms with E-state index in [0.717, 1.165) is 61.6 Å². The number of nitrogens with one attached hydrogen (secondary N) is 2. The van der Waals surface area contributed by atoms with E-state index in [4.69, 9.17) is 10.4 Å². The number of anilines is 1. The van der Waals surface area contributed by atoms with Crippen molar-refractivity contribution in [3.8, 4) is 33.4 Å². The molecule has 7 aromatic rings. The highest BCUT2D eigenvalue weighted by atomic mass is 14.8. The molecule has 1 heterocycles. The van der Waals surface area contributed by atoms with Crippen molar-refractivity contribution in [3.05, 3.63) is 169 Å². The largest absolute Gasteiger partial charge is 0.387 e. The first-order valence-corrected chi connectivity index (χ1v) is 16.3. The van der Waals surface area contributed by atoms with Gasteiger partial charge in [-0.3, -0.25) is 9.98 Å². The lowest BCUT2D eigenvalue weighted by molar-refractivity contribution is 1.07. The molecule has 0 saturated heterocycles. The number of hydrogen-bond acceptors (Lipinski definition) is 4. The maximum atomic E-state index is 7.83. The molecule has 0 aliphatic carbocycles. The van der Waals surface area contributed by atoms with Gasteiger partial charge >= 0.3 is 0 Å². The summed E-state index contributed by atoms with van der Waals surface area (Å²) in [7, 11) is 1.98. The van der Waals surface area contributed by atoms with Gasteiger partial charge in [0.05, 0.1) is 11.4 Å². The van der Waals surface area contributed by atoms with Crippen LogP contribution in [-0.4, -0.2) is 24.0 Å². The highest BCUT2D eigenvalue weighted by molar-refractivity contribution is 6.19. The molecule has 0 amide bonds. The third-order valence-corrected chi connectivity index (χ3v) is 8.85. The summed E-state index contributed by atoms with van der Waals surface area (Å²) in [5, 5.41) is 16.2. The van der Waals surface area contributed by atoms with E-state index in [9.17, 15) is 0 Å². The van der Waals surface area contributed by atoms with E-state index in [1.54, 1.807) is 6.08 Å². The summed E-state index contributed by atoms with van der Waals surface area (Å²) in [4.78, 5) is 9.47. The highest BCUT2D eigenvalue weighted by Crippen LogP contribution is 2.39. The Labute approximate surface area is 281 Å². The van der Waals surface area contributed by atoms with E-state index in [1.807, 2.05) is 31.6 Å². The van der Waals surface area contributed by atoms with Crippen molar-refractivity contribution in [3.63, 3.8) is 0 Å². The summed E-state index contributed by atoms with van der Waals surface area (Å²) in [6, 6.07) is 47.5. The molecule has 7 rings (SSSR count). The van der Waals surface area contributed by atoms with Crippen molar-refractivity contribution in [2.24, 2.45) is 4.99 Å². The monoisotopic (exact) mass is 620 g/mol. The molecule has 0 bridgehead atoms. The molecule has 48 heavy (non-hydrogen) atoms. The number of allylic oxidation sites excluding steroid dienone is 2. The summed E-state index contributed by atoms with van der Waals surface area (Å²) in [5.41, 5.74) is 11.4. The SMILES string of the molecule is CC/C(=C\C=N)N=C(c1ccc(-c2ccncc2)cc1)c1cc(-c2ccc3ccccc3c2)cc(-c2ccc3ccccc3c2)c1NC. The van der Waals surface area contributed by atoms with Crippen LogP contribution in [0.4, 0.5) is 5.69 Å². The van der Waals surface area contributed by atoms with Crippen molar-refractivity contribution in [1.29, 1.82) is 5.41 Å². The van der Waals surface area contributed by atoms with E-state index in [0.29, 0.717) is 6.42 Å². The van der Waals surface area contributed by atoms with Crippen molar-refractivity contribution >= 4 is 39.2 Å². The fraction of sp³-hybridized carbons (Fsp3) is 0.0682. The number of nitrogens with zero attached hydrogens (tertiary/aromatic N) is 2. The minimum absolute atomic E-state index is 0.699. The van der Waals surface area contributed by atoms with E-state index < -0.39 is 0 Å². The van der Waals surface area contributed by atoms with Gasteiger partial charge in [0.2, 0.25) is 0 Å². The lowest BCUT2D eigenvalue weighted by atomic mass is 9.88. The second kappa shape index (κ2) is 13.7. The quantitative estimate of drug-likeness (QED) is 0.158. The van der Waals surface area contributed by atoms with Gasteiger partial charge in [0, 0.05) is 48.0 Å². The predicted octanol–water partition coefficient (Wildman–Crippen LogP) is 11.2. The number of fused-ring (bicyclic) bond motifs is 2. The number of pyridine rings is 1. The van der Waals surface area contributed by atoms with Gasteiger partial charge in [-0.2, -0.15) is 0 Å². The topological polar surface area (TPSA) is 61.1 Å². The van der Waals surface area contributed by atoms with Gasteiger partial charge < -0.3 is 10.7 Å². The van der Waals surface area contributed by atoms with E-state index >= 15 is 0 Å². The number of hydrogen-bond donors (Lipinski definition) is 2. The van der Waals surface area contributed by atoms with E-state index in [2.05, 4.69) is 139 Å². The Balaban J connectivity index is 1.49. The molecular formula is C44H36N4. The molecule has 4 nitrogen and oxygen atoms in total. The van der Waals surface area contributed by atoms with Gasteiger partial charge in [0.1, 0.15) is 0 Å². The first-order chi connectivity index (χ1) is 23.6. The second-order valence-electron chi connectivity index (χ2n) is 11.8. The summed E-state index contributed by atoms with van der Waals surface area (Å²) >= 11 is 0. The third-order valence-electron chi connectivity index (χ3n) is 8.85. The zero-order valence-corrected chi connectivity index (χ0v) is 27.1. The second-order valence-corrected chi connectivity index (χ2v) is 11.8. The van der Waals surface area contributed by atoms with Crippen LogP contribution in [0.25, 0.3) is 54.9 Å². The molecule has 2 N–H and O–H groups in total. The molecule has 0 fully saturated rings. The Morgan fingerprint density at radius 3 is 1.85 bits per heavy atom. The number of aromatic nitrogens is 1. The maximum Gasteiger partial charge on any atom is 0.0798 e. The molecule has 6 aromatic carbocycles. The molecule has 232 valence electrons. The van der Waals surface area contributed by atoms with Gasteiger partial charge in [-0.15, -0.1) is 0 Å². The van der Waals surface area contributed by atoms with Crippen LogP contribution in [0.15, 0.2) is 163 Å². The highest BCUT2D eigenvalue weighted by Gasteiger charge is 2.20. The van der Waals surface area contributed by atoms with Crippen LogP contribution in [0.2, 0.25) is 0 Å². The molecule has 4 heteroatoms. The Bertz CT molecular complexity index is 2320. The van der Waals surface area contributed by atoms with E-state index in [1.165, 1.54) is 27.8 Å². The molecule has 0 atom stereocenters. The van der Waals surface area contributed by atoms with E-state index in [-0.39, 0.29) is 0 Å². The van der Waals surface area contributed by atoms with Crippen LogP contribution < -0.4 is 5.32 Å². The fourth-order valence-corrected chi connectivity index (χ4v) is 6.34. The van der Waals surface area contributed by atoms with Gasteiger partial charge in [0.15, 0.2) is 0 Å². The predicted molar refractivity (Wildman–Crippen MR) is 204 cm³/mol. The van der Waals surface area contributed by atoms with Crippen LogP contribution in [0.5, 0.6) is 0 Å². The first kappa shape index (κ1) is 30.5. The molecule has 1 aromatic heterocycles. The minimum atomic E-state index is 0.699. The van der Waals surface area contributed by atoms with Crippen LogP contribution in [0.3, 0.4) is 0 Å². The lowest BCUT2D eigenvalue weighted by Gasteiger charge is -2.20. The smallest absolute Gasteiger partial charge is 0.0798 e.